The number of hydrogen-bond acceptors (Lipinski definition) is 5. The predicted molar refractivity (Wildman–Crippen MR) is 142 cm³/mol. The SMILES string of the molecule is COc1ccc(-c2cn(C)c(/C=C/c3ccc(-c4ccc(OCCCC(=O)N=O)cc4)cc3)n2)cc1. The number of aryl methyl sites for hydroxylation is 1. The number of aromatic nitrogens is 2. The molecule has 0 aliphatic rings. The van der Waals surface area contributed by atoms with Crippen LogP contribution in [0.15, 0.2) is 84.2 Å². The lowest BCUT2D eigenvalue weighted by Crippen LogP contribution is -2.00. The molecule has 0 N–H and O–H groups in total. The highest BCUT2D eigenvalue weighted by molar-refractivity contribution is 5.76. The summed E-state index contributed by atoms with van der Waals surface area (Å²) in [6.07, 6.45) is 6.63. The van der Waals surface area contributed by atoms with Crippen molar-refractivity contribution in [3.63, 3.8) is 0 Å². The van der Waals surface area contributed by atoms with Gasteiger partial charge in [0.1, 0.15) is 17.3 Å². The summed E-state index contributed by atoms with van der Waals surface area (Å²) >= 11 is 0. The first kappa shape index (κ1) is 24.6. The fourth-order valence-corrected chi connectivity index (χ4v) is 3.70. The van der Waals surface area contributed by atoms with E-state index in [2.05, 4.69) is 29.4 Å². The van der Waals surface area contributed by atoms with E-state index >= 15 is 0 Å². The Balaban J connectivity index is 1.36. The Morgan fingerprint density at radius 3 is 2.14 bits per heavy atom. The second-order valence-electron chi connectivity index (χ2n) is 8.24. The fraction of sp³-hybridized carbons (Fsp3) is 0.172. The molecular weight excluding hydrogens is 454 g/mol. The number of nitroso groups, excluding NO2 is 1. The Hall–Kier alpha value is -4.52. The minimum atomic E-state index is -0.648. The van der Waals surface area contributed by atoms with Crippen LogP contribution in [0.5, 0.6) is 11.5 Å². The van der Waals surface area contributed by atoms with Gasteiger partial charge in [-0.25, -0.2) is 4.98 Å². The van der Waals surface area contributed by atoms with Gasteiger partial charge in [-0.15, -0.1) is 4.91 Å². The van der Waals surface area contributed by atoms with Crippen LogP contribution in [0.1, 0.15) is 24.2 Å². The van der Waals surface area contributed by atoms with E-state index in [1.165, 1.54) is 0 Å². The van der Waals surface area contributed by atoms with Gasteiger partial charge in [-0.05, 0) is 65.6 Å². The Morgan fingerprint density at radius 2 is 1.50 bits per heavy atom. The van der Waals surface area contributed by atoms with Crippen molar-refractivity contribution < 1.29 is 14.3 Å². The number of amides is 1. The molecule has 0 saturated carbocycles. The van der Waals surface area contributed by atoms with E-state index in [4.69, 9.17) is 14.5 Å². The highest BCUT2D eigenvalue weighted by Crippen LogP contribution is 2.25. The molecule has 1 amide bonds. The predicted octanol–water partition coefficient (Wildman–Crippen LogP) is 6.39. The number of benzene rings is 3. The van der Waals surface area contributed by atoms with Gasteiger partial charge in [0.05, 0.1) is 19.4 Å². The Labute approximate surface area is 210 Å². The zero-order valence-corrected chi connectivity index (χ0v) is 20.3. The molecule has 0 saturated heterocycles. The summed E-state index contributed by atoms with van der Waals surface area (Å²) in [5, 5.41) is 2.38. The Kier molecular flexibility index (Phi) is 8.03. The van der Waals surface area contributed by atoms with E-state index in [9.17, 15) is 9.70 Å². The lowest BCUT2D eigenvalue weighted by molar-refractivity contribution is -0.118. The molecule has 1 heterocycles. The zero-order chi connectivity index (χ0) is 25.3. The van der Waals surface area contributed by atoms with E-state index in [1.54, 1.807) is 7.11 Å². The number of imidazole rings is 1. The monoisotopic (exact) mass is 481 g/mol. The van der Waals surface area contributed by atoms with Crippen LogP contribution in [0, 0.1) is 4.91 Å². The molecular formula is C29H27N3O4. The van der Waals surface area contributed by atoms with E-state index in [1.807, 2.05) is 78.5 Å². The molecule has 7 nitrogen and oxygen atoms in total. The highest BCUT2D eigenvalue weighted by atomic mass is 16.5. The lowest BCUT2D eigenvalue weighted by Gasteiger charge is -2.07. The van der Waals surface area contributed by atoms with Crippen LogP contribution in [0.25, 0.3) is 34.5 Å². The Morgan fingerprint density at radius 1 is 0.889 bits per heavy atom. The van der Waals surface area contributed by atoms with E-state index < -0.39 is 5.91 Å². The Bertz CT molecular complexity index is 1340. The van der Waals surface area contributed by atoms with Crippen LogP contribution in [-0.4, -0.2) is 29.2 Å². The third-order valence-corrected chi connectivity index (χ3v) is 5.73. The standard InChI is InChI=1S/C29H27N3O4/c1-32-20-27(24-12-14-25(35-2)15-13-24)30-28(32)18-7-21-5-8-22(9-6-21)23-10-16-26(17-11-23)36-19-3-4-29(33)31-34/h5-18,20H,3-4,19H2,1-2H3/b18-7+. The van der Waals surface area contributed by atoms with E-state index in [0.717, 1.165) is 39.5 Å². The van der Waals surface area contributed by atoms with Gasteiger partial charge < -0.3 is 14.0 Å². The van der Waals surface area contributed by atoms with E-state index in [-0.39, 0.29) is 6.42 Å². The molecule has 0 unspecified atom stereocenters. The number of rotatable bonds is 10. The molecule has 0 aliphatic heterocycles. The van der Waals surface area contributed by atoms with Crippen molar-refractivity contribution in [3.8, 4) is 33.9 Å². The molecule has 0 radical (unpaired) electrons. The van der Waals surface area contributed by atoms with Crippen molar-refractivity contribution >= 4 is 18.1 Å². The maximum Gasteiger partial charge on any atom is 0.286 e. The van der Waals surface area contributed by atoms with Gasteiger partial charge in [-0.1, -0.05) is 42.5 Å². The highest BCUT2D eigenvalue weighted by Gasteiger charge is 2.06. The number of carbonyl (C=O) groups is 1. The van der Waals surface area contributed by atoms with Gasteiger partial charge in [0.25, 0.3) is 5.91 Å². The normalized spacial score (nSPS) is 10.9. The van der Waals surface area contributed by atoms with Crippen LogP contribution in [0.4, 0.5) is 0 Å². The van der Waals surface area contributed by atoms with Crippen LogP contribution >= 0.6 is 0 Å². The quantitative estimate of drug-likeness (QED) is 0.194. The molecule has 0 aliphatic carbocycles. The van der Waals surface area contributed by atoms with Crippen molar-refractivity contribution in [2.45, 2.75) is 12.8 Å². The van der Waals surface area contributed by atoms with Crippen molar-refractivity contribution in [1.82, 2.24) is 9.55 Å². The second-order valence-corrected chi connectivity index (χ2v) is 8.24. The van der Waals surface area contributed by atoms with Gasteiger partial charge >= 0.3 is 0 Å². The number of ether oxygens (including phenoxy) is 2. The third kappa shape index (κ3) is 6.33. The zero-order valence-electron chi connectivity index (χ0n) is 20.3. The summed E-state index contributed by atoms with van der Waals surface area (Å²) in [5.41, 5.74) is 5.20. The summed E-state index contributed by atoms with van der Waals surface area (Å²) in [6.45, 7) is 0.360. The first-order valence-corrected chi connectivity index (χ1v) is 11.6. The van der Waals surface area contributed by atoms with Gasteiger partial charge in [0.2, 0.25) is 0 Å². The minimum Gasteiger partial charge on any atom is -0.497 e. The molecule has 182 valence electrons. The number of nitrogens with zero attached hydrogens (tertiary/aromatic N) is 3. The van der Waals surface area contributed by atoms with Crippen molar-refractivity contribution in [2.75, 3.05) is 13.7 Å². The minimum absolute atomic E-state index is 0.104. The fourth-order valence-electron chi connectivity index (χ4n) is 3.70. The topological polar surface area (TPSA) is 82.8 Å². The molecule has 1 aromatic heterocycles. The smallest absolute Gasteiger partial charge is 0.286 e. The molecule has 3 aromatic carbocycles. The second kappa shape index (κ2) is 11.8. The molecule has 4 rings (SSSR count). The molecule has 0 bridgehead atoms. The molecule has 36 heavy (non-hydrogen) atoms. The van der Waals surface area contributed by atoms with Gasteiger partial charge in [-0.3, -0.25) is 4.79 Å². The van der Waals surface area contributed by atoms with Crippen molar-refractivity contribution in [2.24, 2.45) is 12.2 Å². The average Bonchev–Trinajstić information content (AvgIpc) is 3.30. The van der Waals surface area contributed by atoms with Gasteiger partial charge in [0.15, 0.2) is 0 Å². The van der Waals surface area contributed by atoms with Crippen LogP contribution in [0.2, 0.25) is 0 Å². The average molecular weight is 482 g/mol. The maximum absolute atomic E-state index is 10.9. The third-order valence-electron chi connectivity index (χ3n) is 5.73. The van der Waals surface area contributed by atoms with Crippen molar-refractivity contribution in [1.29, 1.82) is 0 Å². The number of hydrogen-bond donors (Lipinski definition) is 0. The maximum atomic E-state index is 10.9. The summed E-state index contributed by atoms with van der Waals surface area (Å²) in [7, 11) is 3.64. The lowest BCUT2D eigenvalue weighted by atomic mass is 10.0. The first-order chi connectivity index (χ1) is 17.6. The molecule has 0 spiro atoms. The van der Waals surface area contributed by atoms with E-state index in [0.29, 0.717) is 18.8 Å². The summed E-state index contributed by atoms with van der Waals surface area (Å²) in [6, 6.07) is 23.9. The number of carbonyl (C=O) groups excluding carboxylic acids is 1. The van der Waals surface area contributed by atoms with Crippen LogP contribution in [0.3, 0.4) is 0 Å². The van der Waals surface area contributed by atoms with Crippen molar-refractivity contribution in [3.05, 3.63) is 95.3 Å². The number of methoxy groups -OCH3 is 1. The molecule has 0 atom stereocenters. The summed E-state index contributed by atoms with van der Waals surface area (Å²) in [5.74, 6) is 1.76. The van der Waals surface area contributed by atoms with Crippen LogP contribution < -0.4 is 9.47 Å². The summed E-state index contributed by atoms with van der Waals surface area (Å²) < 4.78 is 12.8. The largest absolute Gasteiger partial charge is 0.497 e. The van der Waals surface area contributed by atoms with Gasteiger partial charge in [-0.2, -0.15) is 0 Å². The van der Waals surface area contributed by atoms with Gasteiger partial charge in [0, 0.05) is 30.4 Å². The molecule has 4 aromatic rings. The first-order valence-electron chi connectivity index (χ1n) is 11.6. The summed E-state index contributed by atoms with van der Waals surface area (Å²) in [4.78, 5) is 25.7. The van der Waals surface area contributed by atoms with Crippen LogP contribution in [-0.2, 0) is 11.8 Å². The molecule has 7 heteroatoms. The molecule has 0 fully saturated rings.